The first kappa shape index (κ1) is 9.69. The monoisotopic (exact) mass is 151 g/mol. The van der Waals surface area contributed by atoms with E-state index in [0.29, 0.717) is 0 Å². The summed E-state index contributed by atoms with van der Waals surface area (Å²) in [6, 6.07) is 0. The molecule has 0 atom stereocenters. The summed E-state index contributed by atoms with van der Waals surface area (Å²) in [6.07, 6.45) is 4.61. The number of rotatable bonds is 3. The topological polar surface area (TPSA) is 20.3 Å². The number of carbonyl (C=O) groups is 1. The lowest BCUT2D eigenvalue weighted by atomic mass is 10.3. The predicted octanol–water partition coefficient (Wildman–Crippen LogP) is 1.72. The van der Waals surface area contributed by atoms with Crippen LogP contribution in [-0.2, 0) is 4.79 Å². The zero-order valence-electron chi connectivity index (χ0n) is 7.00. The zero-order valence-corrected chi connectivity index (χ0v) is 7.00. The summed E-state index contributed by atoms with van der Waals surface area (Å²) in [5, 5.41) is 0. The normalized spacial score (nSPS) is 10.5. The molecule has 0 bridgehead atoms. The van der Waals surface area contributed by atoms with E-state index in [1.165, 1.54) is 17.2 Å². The highest BCUT2D eigenvalue weighted by atomic mass is 16.2. The molecule has 60 valence electrons. The Kier molecular flexibility index (Phi) is 3.96. The summed E-state index contributed by atoms with van der Waals surface area (Å²) in [6.45, 7) is 8.82. The van der Waals surface area contributed by atoms with E-state index >= 15 is 0 Å². The molecule has 0 aromatic carbocycles. The minimum absolute atomic E-state index is 0.0857. The zero-order chi connectivity index (χ0) is 8.85. The lowest BCUT2D eigenvalue weighted by molar-refractivity contribution is -0.122. The predicted molar refractivity (Wildman–Crippen MR) is 46.9 cm³/mol. The van der Waals surface area contributed by atoms with E-state index in [-0.39, 0.29) is 5.91 Å². The fourth-order valence-corrected chi connectivity index (χ4v) is 0.445. The first-order chi connectivity index (χ1) is 5.11. The first-order valence-electron chi connectivity index (χ1n) is 3.32. The third-order valence-electron chi connectivity index (χ3n) is 1.29. The van der Waals surface area contributed by atoms with E-state index in [2.05, 4.69) is 13.2 Å². The maximum Gasteiger partial charge on any atom is 0.250 e. The van der Waals surface area contributed by atoms with Crippen LogP contribution in [0.2, 0.25) is 0 Å². The van der Waals surface area contributed by atoms with Crippen LogP contribution in [0.5, 0.6) is 0 Å². The quantitative estimate of drug-likeness (QED) is 0.444. The summed E-state index contributed by atoms with van der Waals surface area (Å²) in [4.78, 5) is 12.5. The van der Waals surface area contributed by atoms with Gasteiger partial charge in [0.25, 0.3) is 0 Å². The molecule has 0 aromatic heterocycles. The summed E-state index contributed by atoms with van der Waals surface area (Å²) in [7, 11) is 1.65. The molecule has 1 amide bonds. The number of nitrogens with zero attached hydrogens (tertiary/aromatic N) is 1. The second kappa shape index (κ2) is 4.50. The van der Waals surface area contributed by atoms with Crippen LogP contribution in [0, 0.1) is 0 Å². The van der Waals surface area contributed by atoms with Gasteiger partial charge in [-0.15, -0.1) is 0 Å². The molecule has 0 saturated heterocycles. The Labute approximate surface area is 67.5 Å². The molecule has 0 aliphatic rings. The molecule has 0 spiro atoms. The van der Waals surface area contributed by atoms with Crippen molar-refractivity contribution in [1.82, 2.24) is 4.90 Å². The molecule has 0 aliphatic heterocycles. The highest BCUT2D eigenvalue weighted by Gasteiger charge is 1.98. The molecule has 0 saturated carbocycles. The van der Waals surface area contributed by atoms with Crippen LogP contribution < -0.4 is 0 Å². The molecule has 0 rings (SSSR count). The van der Waals surface area contributed by atoms with Crippen LogP contribution >= 0.6 is 0 Å². The average Bonchev–Trinajstić information content (AvgIpc) is 2.02. The van der Waals surface area contributed by atoms with Gasteiger partial charge in [-0.05, 0) is 18.7 Å². The van der Waals surface area contributed by atoms with Crippen molar-refractivity contribution in [2.24, 2.45) is 0 Å². The lowest BCUT2D eigenvalue weighted by Gasteiger charge is -2.07. The number of hydrogen-bond donors (Lipinski definition) is 0. The third kappa shape index (κ3) is 3.40. The van der Waals surface area contributed by atoms with Gasteiger partial charge in [-0.25, -0.2) is 0 Å². The van der Waals surface area contributed by atoms with Crippen molar-refractivity contribution in [3.8, 4) is 0 Å². The Hall–Kier alpha value is -1.31. The Bertz CT molecular complexity index is 204. The highest BCUT2D eigenvalue weighted by Crippen LogP contribution is 1.95. The van der Waals surface area contributed by atoms with Crippen molar-refractivity contribution in [2.75, 3.05) is 7.05 Å². The Morgan fingerprint density at radius 3 is 2.36 bits per heavy atom. The van der Waals surface area contributed by atoms with Crippen molar-refractivity contribution in [1.29, 1.82) is 0 Å². The molecule has 0 N–H and O–H groups in total. The molecule has 0 heterocycles. The van der Waals surface area contributed by atoms with Gasteiger partial charge < -0.3 is 4.90 Å². The number of carbonyl (C=O) groups excluding carboxylic acids is 1. The first-order valence-corrected chi connectivity index (χ1v) is 3.32. The fourth-order valence-electron chi connectivity index (χ4n) is 0.445. The second-order valence-electron chi connectivity index (χ2n) is 2.22. The molecule has 0 fully saturated rings. The molecule has 11 heavy (non-hydrogen) atoms. The van der Waals surface area contributed by atoms with E-state index in [9.17, 15) is 4.79 Å². The second-order valence-corrected chi connectivity index (χ2v) is 2.22. The summed E-state index contributed by atoms with van der Waals surface area (Å²) in [5.41, 5.74) is 0.851. The Morgan fingerprint density at radius 2 is 2.00 bits per heavy atom. The smallest absolute Gasteiger partial charge is 0.250 e. The van der Waals surface area contributed by atoms with Gasteiger partial charge in [-0.1, -0.05) is 19.2 Å². The SMILES string of the molecule is C=C/C(C)=C\C(=O)N(C)C=C. The van der Waals surface area contributed by atoms with Crippen LogP contribution in [-0.4, -0.2) is 17.9 Å². The van der Waals surface area contributed by atoms with Gasteiger partial charge in [0.05, 0.1) is 0 Å². The molecule has 0 aromatic rings. The summed E-state index contributed by atoms with van der Waals surface area (Å²) >= 11 is 0. The van der Waals surface area contributed by atoms with Crippen molar-refractivity contribution in [3.63, 3.8) is 0 Å². The van der Waals surface area contributed by atoms with E-state index in [1.807, 2.05) is 6.92 Å². The molecule has 0 aliphatic carbocycles. The number of hydrogen-bond acceptors (Lipinski definition) is 1. The minimum atomic E-state index is -0.0857. The van der Waals surface area contributed by atoms with Gasteiger partial charge in [0.15, 0.2) is 0 Å². The molecular formula is C9H13NO. The van der Waals surface area contributed by atoms with E-state index in [0.717, 1.165) is 5.57 Å². The van der Waals surface area contributed by atoms with Gasteiger partial charge in [0, 0.05) is 13.1 Å². The summed E-state index contributed by atoms with van der Waals surface area (Å²) < 4.78 is 0. The Morgan fingerprint density at radius 1 is 1.45 bits per heavy atom. The van der Waals surface area contributed by atoms with Crippen molar-refractivity contribution < 1.29 is 4.79 Å². The largest absolute Gasteiger partial charge is 0.319 e. The third-order valence-corrected chi connectivity index (χ3v) is 1.29. The fraction of sp³-hybridized carbons (Fsp3) is 0.222. The molecular weight excluding hydrogens is 138 g/mol. The number of likely N-dealkylation sites (N-methyl/N-ethyl adjacent to an activating group) is 1. The Balaban J connectivity index is 4.27. The average molecular weight is 151 g/mol. The van der Waals surface area contributed by atoms with Gasteiger partial charge in [-0.2, -0.15) is 0 Å². The van der Waals surface area contributed by atoms with Gasteiger partial charge in [-0.3, -0.25) is 4.79 Å². The maximum absolute atomic E-state index is 11.1. The maximum atomic E-state index is 11.1. The van der Waals surface area contributed by atoms with Crippen LogP contribution in [0.3, 0.4) is 0 Å². The van der Waals surface area contributed by atoms with Crippen LogP contribution in [0.4, 0.5) is 0 Å². The van der Waals surface area contributed by atoms with E-state index in [1.54, 1.807) is 13.1 Å². The minimum Gasteiger partial charge on any atom is -0.319 e. The standard InChI is InChI=1S/C9H13NO/c1-5-8(3)7-9(11)10(4)6-2/h5-7H,1-2H2,3-4H3/b8-7-. The lowest BCUT2D eigenvalue weighted by Crippen LogP contribution is -2.17. The van der Waals surface area contributed by atoms with Crippen molar-refractivity contribution in [2.45, 2.75) is 6.92 Å². The van der Waals surface area contributed by atoms with Gasteiger partial charge in [0.1, 0.15) is 0 Å². The summed E-state index contributed by atoms with van der Waals surface area (Å²) in [5.74, 6) is -0.0857. The van der Waals surface area contributed by atoms with E-state index in [4.69, 9.17) is 0 Å². The van der Waals surface area contributed by atoms with Crippen LogP contribution in [0.25, 0.3) is 0 Å². The molecule has 2 heteroatoms. The molecule has 0 unspecified atom stereocenters. The van der Waals surface area contributed by atoms with Gasteiger partial charge in [0.2, 0.25) is 5.91 Å². The van der Waals surface area contributed by atoms with Crippen molar-refractivity contribution >= 4 is 5.91 Å². The number of allylic oxidation sites excluding steroid dienone is 2. The highest BCUT2D eigenvalue weighted by molar-refractivity contribution is 5.89. The molecule has 0 radical (unpaired) electrons. The molecule has 2 nitrogen and oxygen atoms in total. The van der Waals surface area contributed by atoms with Crippen LogP contribution in [0.15, 0.2) is 37.1 Å². The van der Waals surface area contributed by atoms with Gasteiger partial charge >= 0.3 is 0 Å². The van der Waals surface area contributed by atoms with E-state index < -0.39 is 0 Å². The van der Waals surface area contributed by atoms with Crippen LogP contribution in [0.1, 0.15) is 6.92 Å². The van der Waals surface area contributed by atoms with Crippen molar-refractivity contribution in [3.05, 3.63) is 37.1 Å². The number of amides is 1.